The standard InChI is InChI=1S/C7H16.C2H9NSi/c1-3-5-7-6-4-2;1-3(2)4/h3-7H2,1-2H3;1-2,4H3. The highest BCUT2D eigenvalue weighted by atomic mass is 28.2. The second kappa shape index (κ2) is 12.8. The van der Waals surface area contributed by atoms with Crippen LogP contribution in [0.5, 0.6) is 0 Å². The predicted molar refractivity (Wildman–Crippen MR) is 58.1 cm³/mol. The van der Waals surface area contributed by atoms with Gasteiger partial charge in [0.2, 0.25) is 0 Å². The lowest BCUT2D eigenvalue weighted by Crippen LogP contribution is -2.02. The van der Waals surface area contributed by atoms with E-state index in [1.165, 1.54) is 42.5 Å². The number of rotatable bonds is 4. The van der Waals surface area contributed by atoms with Crippen molar-refractivity contribution in [1.29, 1.82) is 0 Å². The van der Waals surface area contributed by atoms with Crippen LogP contribution in [-0.2, 0) is 0 Å². The second-order valence-corrected chi connectivity index (χ2v) is 5.19. The molecule has 11 heavy (non-hydrogen) atoms. The Kier molecular flexibility index (Phi) is 16.0. The van der Waals surface area contributed by atoms with Gasteiger partial charge in [-0.1, -0.05) is 46.0 Å². The van der Waals surface area contributed by atoms with Gasteiger partial charge in [0.1, 0.15) is 0 Å². The van der Waals surface area contributed by atoms with E-state index < -0.39 is 0 Å². The van der Waals surface area contributed by atoms with Gasteiger partial charge in [0, 0.05) is 0 Å². The number of hydrogen-bond donors (Lipinski definition) is 0. The Morgan fingerprint density at radius 2 is 1.18 bits per heavy atom. The molecule has 0 aliphatic heterocycles. The summed E-state index contributed by atoms with van der Waals surface area (Å²) in [6, 6.07) is 0. The van der Waals surface area contributed by atoms with Crippen molar-refractivity contribution in [3.63, 3.8) is 0 Å². The molecule has 0 aliphatic carbocycles. The summed E-state index contributed by atoms with van der Waals surface area (Å²) in [5, 5.41) is 0. The highest BCUT2D eigenvalue weighted by Gasteiger charge is 1.80. The summed E-state index contributed by atoms with van der Waals surface area (Å²) < 4.78 is 2.14. The van der Waals surface area contributed by atoms with E-state index in [1.807, 2.05) is 0 Å². The van der Waals surface area contributed by atoms with Gasteiger partial charge in [-0.2, -0.15) is 0 Å². The molecule has 1 nitrogen and oxygen atoms in total. The molecule has 0 aromatic heterocycles. The smallest absolute Gasteiger partial charge is 0.0777 e. The van der Waals surface area contributed by atoms with Gasteiger partial charge in [-0.25, -0.2) is 0 Å². The quantitative estimate of drug-likeness (QED) is 0.465. The zero-order chi connectivity index (χ0) is 9.11. The molecule has 0 fully saturated rings. The van der Waals surface area contributed by atoms with E-state index in [1.54, 1.807) is 0 Å². The lowest BCUT2D eigenvalue weighted by Gasteiger charge is -1.90. The van der Waals surface area contributed by atoms with Gasteiger partial charge >= 0.3 is 0 Å². The minimum absolute atomic E-state index is 1.18. The van der Waals surface area contributed by atoms with Gasteiger partial charge in [-0.05, 0) is 14.1 Å². The molecule has 0 bridgehead atoms. The van der Waals surface area contributed by atoms with Gasteiger partial charge in [0.15, 0.2) is 0 Å². The zero-order valence-corrected chi connectivity index (χ0v) is 11.0. The minimum atomic E-state index is 1.18. The van der Waals surface area contributed by atoms with E-state index in [-0.39, 0.29) is 0 Å². The zero-order valence-electron chi connectivity index (χ0n) is 8.98. The molecule has 0 aromatic carbocycles. The Bertz CT molecular complexity index is 48.8. The molecule has 0 saturated heterocycles. The van der Waals surface area contributed by atoms with Crippen LogP contribution in [-0.4, -0.2) is 29.1 Å². The van der Waals surface area contributed by atoms with Crippen molar-refractivity contribution in [2.45, 2.75) is 46.0 Å². The molecule has 0 atom stereocenters. The molecule has 2 heteroatoms. The van der Waals surface area contributed by atoms with Gasteiger partial charge in [0.25, 0.3) is 0 Å². The van der Waals surface area contributed by atoms with Gasteiger partial charge in [0.05, 0.1) is 10.4 Å². The first-order chi connectivity index (χ1) is 5.15. The summed E-state index contributed by atoms with van der Waals surface area (Å²) >= 11 is 0. The van der Waals surface area contributed by atoms with E-state index in [9.17, 15) is 0 Å². The van der Waals surface area contributed by atoms with E-state index in [0.717, 1.165) is 0 Å². The number of unbranched alkanes of at least 4 members (excludes halogenated alkanes) is 4. The van der Waals surface area contributed by atoms with E-state index in [2.05, 4.69) is 32.5 Å². The third-order valence-electron chi connectivity index (χ3n) is 1.21. The van der Waals surface area contributed by atoms with Crippen molar-refractivity contribution in [3.05, 3.63) is 0 Å². The summed E-state index contributed by atoms with van der Waals surface area (Å²) in [6.07, 6.45) is 7.01. The van der Waals surface area contributed by atoms with Crippen molar-refractivity contribution < 1.29 is 0 Å². The molecule has 70 valence electrons. The van der Waals surface area contributed by atoms with Crippen LogP contribution in [0.2, 0.25) is 0 Å². The average molecular weight is 175 g/mol. The second-order valence-electron chi connectivity index (χ2n) is 3.40. The minimum Gasteiger partial charge on any atom is -0.337 e. The Morgan fingerprint density at radius 3 is 1.36 bits per heavy atom. The van der Waals surface area contributed by atoms with Crippen molar-refractivity contribution in [2.24, 2.45) is 0 Å². The first-order valence-corrected chi connectivity index (χ1v) is 5.65. The number of nitrogens with zero attached hydrogens (tertiary/aromatic N) is 1. The van der Waals surface area contributed by atoms with Crippen LogP contribution in [0.3, 0.4) is 0 Å². The SMILES string of the molecule is CCCCCCC.CN(C)[SiH3]. The molecular weight excluding hydrogens is 150 g/mol. The largest absolute Gasteiger partial charge is 0.337 e. The third-order valence-corrected chi connectivity index (χ3v) is 1.21. The van der Waals surface area contributed by atoms with Crippen molar-refractivity contribution >= 4 is 10.4 Å². The Hall–Kier alpha value is 0.177. The number of hydrogen-bond acceptors (Lipinski definition) is 1. The topological polar surface area (TPSA) is 3.24 Å². The molecule has 0 N–H and O–H groups in total. The normalized spacial score (nSPS) is 9.55. The highest BCUT2D eigenvalue weighted by Crippen LogP contribution is 2.00. The van der Waals surface area contributed by atoms with Crippen molar-refractivity contribution in [2.75, 3.05) is 14.1 Å². The van der Waals surface area contributed by atoms with Gasteiger partial charge in [-0.3, -0.25) is 0 Å². The first-order valence-electron chi connectivity index (χ1n) is 4.76. The molecule has 0 spiro atoms. The van der Waals surface area contributed by atoms with Crippen molar-refractivity contribution in [1.82, 2.24) is 4.57 Å². The summed E-state index contributed by atoms with van der Waals surface area (Å²) in [4.78, 5) is 0. The highest BCUT2D eigenvalue weighted by molar-refractivity contribution is 6.03. The van der Waals surface area contributed by atoms with E-state index in [0.29, 0.717) is 0 Å². The fourth-order valence-electron chi connectivity index (χ4n) is 0.677. The molecular formula is C9H25NSi. The van der Waals surface area contributed by atoms with Crippen LogP contribution in [0.25, 0.3) is 0 Å². The molecule has 0 saturated carbocycles. The summed E-state index contributed by atoms with van der Waals surface area (Å²) in [5.74, 6) is 0. The van der Waals surface area contributed by atoms with Crippen molar-refractivity contribution in [3.8, 4) is 0 Å². The Morgan fingerprint density at radius 1 is 0.909 bits per heavy atom. The first kappa shape index (κ1) is 13.7. The fraction of sp³-hybridized carbons (Fsp3) is 1.00. The van der Waals surface area contributed by atoms with E-state index >= 15 is 0 Å². The van der Waals surface area contributed by atoms with Crippen LogP contribution in [0, 0.1) is 0 Å². The van der Waals surface area contributed by atoms with Crippen LogP contribution in [0.1, 0.15) is 46.0 Å². The van der Waals surface area contributed by atoms with Crippen LogP contribution < -0.4 is 0 Å². The molecule has 0 aromatic rings. The molecule has 0 amide bonds. The maximum atomic E-state index is 2.25. The molecule has 0 aliphatic rings. The van der Waals surface area contributed by atoms with Crippen LogP contribution in [0.15, 0.2) is 0 Å². The maximum Gasteiger partial charge on any atom is 0.0777 e. The van der Waals surface area contributed by atoms with E-state index in [4.69, 9.17) is 0 Å². The monoisotopic (exact) mass is 175 g/mol. The van der Waals surface area contributed by atoms with Crippen LogP contribution >= 0.6 is 0 Å². The van der Waals surface area contributed by atoms with Gasteiger partial charge in [-0.15, -0.1) is 0 Å². The molecule has 0 heterocycles. The lowest BCUT2D eigenvalue weighted by atomic mass is 10.2. The lowest BCUT2D eigenvalue weighted by molar-refractivity contribution is 0.656. The Balaban J connectivity index is 0. The maximum absolute atomic E-state index is 2.25. The third kappa shape index (κ3) is 39.0. The molecule has 0 unspecified atom stereocenters. The predicted octanol–water partition coefficient (Wildman–Crippen LogP) is 1.81. The molecule has 0 rings (SSSR count). The summed E-state index contributed by atoms with van der Waals surface area (Å²) in [5.41, 5.74) is 0. The Labute approximate surface area is 75.7 Å². The summed E-state index contributed by atoms with van der Waals surface area (Å²) in [6.45, 7) is 4.49. The fourth-order valence-corrected chi connectivity index (χ4v) is 0.677. The van der Waals surface area contributed by atoms with Crippen LogP contribution in [0.4, 0.5) is 0 Å². The summed E-state index contributed by atoms with van der Waals surface area (Å²) in [7, 11) is 5.31. The average Bonchev–Trinajstić information content (AvgIpc) is 1.88. The molecule has 0 radical (unpaired) electrons. The van der Waals surface area contributed by atoms with Gasteiger partial charge < -0.3 is 4.57 Å².